The van der Waals surface area contributed by atoms with Crippen LogP contribution in [0.15, 0.2) is 65.2 Å². The maximum absolute atomic E-state index is 5.93. The molecule has 0 aliphatic carbocycles. The Morgan fingerprint density at radius 1 is 0.850 bits per heavy atom. The highest BCUT2D eigenvalue weighted by Crippen LogP contribution is 2.31. The summed E-state index contributed by atoms with van der Waals surface area (Å²) in [5.74, 6) is 0. The monoisotopic (exact) mass is 279 g/mol. The molecule has 2 nitrogen and oxygen atoms in total. The predicted molar refractivity (Wildman–Crippen MR) is 82.0 cm³/mol. The molecule has 0 unspecified atom stereocenters. The zero-order valence-corrected chi connectivity index (χ0v) is 11.3. The van der Waals surface area contributed by atoms with Crippen molar-refractivity contribution in [2.24, 2.45) is 0 Å². The smallest absolute Gasteiger partial charge is 0.168 e. The van der Waals surface area contributed by atoms with Crippen LogP contribution in [0.5, 0.6) is 0 Å². The second-order valence-corrected chi connectivity index (χ2v) is 5.17. The SMILES string of the molecule is Clc1ccc(-c2noc3cc4ccccc4cc23)cc1. The predicted octanol–water partition coefficient (Wildman–Crippen LogP) is 5.30. The number of nitrogens with zero attached hydrogens (tertiary/aromatic N) is 1. The Morgan fingerprint density at radius 3 is 2.30 bits per heavy atom. The number of aromatic nitrogens is 1. The molecular formula is C17H10ClNO. The Kier molecular flexibility index (Phi) is 2.51. The summed E-state index contributed by atoms with van der Waals surface area (Å²) in [6, 6.07) is 20.0. The summed E-state index contributed by atoms with van der Waals surface area (Å²) < 4.78 is 5.46. The average Bonchev–Trinajstić information content (AvgIpc) is 2.88. The molecule has 0 radical (unpaired) electrons. The van der Waals surface area contributed by atoms with Crippen molar-refractivity contribution in [1.82, 2.24) is 5.16 Å². The first kappa shape index (κ1) is 11.5. The topological polar surface area (TPSA) is 26.0 Å². The fraction of sp³-hybridized carbons (Fsp3) is 0. The third-order valence-corrected chi connectivity index (χ3v) is 3.71. The van der Waals surface area contributed by atoms with Crippen molar-refractivity contribution < 1.29 is 4.52 Å². The molecule has 0 saturated carbocycles. The van der Waals surface area contributed by atoms with Gasteiger partial charge in [0.1, 0.15) is 5.69 Å². The van der Waals surface area contributed by atoms with Crippen LogP contribution >= 0.6 is 11.6 Å². The highest BCUT2D eigenvalue weighted by atomic mass is 35.5. The van der Waals surface area contributed by atoms with E-state index in [0.717, 1.165) is 27.6 Å². The first-order valence-corrected chi connectivity index (χ1v) is 6.73. The van der Waals surface area contributed by atoms with E-state index in [1.807, 2.05) is 42.5 Å². The minimum Gasteiger partial charge on any atom is -0.356 e. The Balaban J connectivity index is 2.00. The van der Waals surface area contributed by atoms with Crippen molar-refractivity contribution >= 4 is 33.3 Å². The van der Waals surface area contributed by atoms with Crippen LogP contribution in [0.2, 0.25) is 5.02 Å². The number of hydrogen-bond donors (Lipinski definition) is 0. The number of fused-ring (bicyclic) bond motifs is 2. The van der Waals surface area contributed by atoms with Gasteiger partial charge in [0.2, 0.25) is 0 Å². The summed E-state index contributed by atoms with van der Waals surface area (Å²) in [5, 5.41) is 8.27. The van der Waals surface area contributed by atoms with Crippen molar-refractivity contribution in [3.63, 3.8) is 0 Å². The normalized spacial score (nSPS) is 11.2. The first-order chi connectivity index (χ1) is 9.81. The largest absolute Gasteiger partial charge is 0.356 e. The molecular weight excluding hydrogens is 270 g/mol. The quantitative estimate of drug-likeness (QED) is 0.472. The molecule has 96 valence electrons. The standard InChI is InChI=1S/C17H10ClNO/c18-14-7-5-11(6-8-14)17-15-9-12-3-1-2-4-13(12)10-16(15)20-19-17/h1-10H. The van der Waals surface area contributed by atoms with Crippen molar-refractivity contribution in [3.8, 4) is 11.3 Å². The minimum atomic E-state index is 0.715. The zero-order valence-electron chi connectivity index (χ0n) is 10.5. The summed E-state index contributed by atoms with van der Waals surface area (Å²) in [6.07, 6.45) is 0. The number of hydrogen-bond acceptors (Lipinski definition) is 2. The molecule has 3 heteroatoms. The Labute approximate surface area is 120 Å². The lowest BCUT2D eigenvalue weighted by Gasteiger charge is -1.99. The summed E-state index contributed by atoms with van der Waals surface area (Å²) in [6.45, 7) is 0. The van der Waals surface area contributed by atoms with E-state index in [1.165, 1.54) is 5.39 Å². The summed E-state index contributed by atoms with van der Waals surface area (Å²) in [4.78, 5) is 0. The summed E-state index contributed by atoms with van der Waals surface area (Å²) >= 11 is 5.93. The Hall–Kier alpha value is -2.32. The highest BCUT2D eigenvalue weighted by molar-refractivity contribution is 6.30. The lowest BCUT2D eigenvalue weighted by molar-refractivity contribution is 0.459. The molecule has 1 heterocycles. The Morgan fingerprint density at radius 2 is 1.55 bits per heavy atom. The molecule has 0 fully saturated rings. The molecule has 0 spiro atoms. The molecule has 0 amide bonds. The van der Waals surface area contributed by atoms with Crippen LogP contribution in [-0.4, -0.2) is 5.16 Å². The number of rotatable bonds is 1. The van der Waals surface area contributed by atoms with Gasteiger partial charge in [-0.25, -0.2) is 0 Å². The van der Waals surface area contributed by atoms with Crippen LogP contribution in [0.3, 0.4) is 0 Å². The molecule has 20 heavy (non-hydrogen) atoms. The van der Waals surface area contributed by atoms with Crippen LogP contribution in [0, 0.1) is 0 Å². The van der Waals surface area contributed by atoms with Crippen molar-refractivity contribution in [3.05, 3.63) is 65.7 Å². The molecule has 0 N–H and O–H groups in total. The van der Waals surface area contributed by atoms with E-state index in [0.29, 0.717) is 5.02 Å². The maximum Gasteiger partial charge on any atom is 0.168 e. The molecule has 3 aromatic carbocycles. The number of benzene rings is 3. The van der Waals surface area contributed by atoms with Crippen LogP contribution in [0.25, 0.3) is 33.0 Å². The third-order valence-electron chi connectivity index (χ3n) is 3.46. The van der Waals surface area contributed by atoms with E-state index in [2.05, 4.69) is 23.4 Å². The van der Waals surface area contributed by atoms with Gasteiger partial charge in [-0.2, -0.15) is 0 Å². The molecule has 0 saturated heterocycles. The van der Waals surface area contributed by atoms with E-state index in [9.17, 15) is 0 Å². The molecule has 0 aliphatic rings. The van der Waals surface area contributed by atoms with Crippen LogP contribution in [-0.2, 0) is 0 Å². The van der Waals surface area contributed by atoms with Crippen LogP contribution < -0.4 is 0 Å². The molecule has 4 aromatic rings. The summed E-state index contributed by atoms with van der Waals surface area (Å²) in [5.41, 5.74) is 2.65. The van der Waals surface area contributed by atoms with E-state index < -0.39 is 0 Å². The second kappa shape index (κ2) is 4.36. The van der Waals surface area contributed by atoms with Gasteiger partial charge in [0.15, 0.2) is 5.58 Å². The van der Waals surface area contributed by atoms with E-state index >= 15 is 0 Å². The maximum atomic E-state index is 5.93. The van der Waals surface area contributed by atoms with Crippen LogP contribution in [0.4, 0.5) is 0 Å². The average molecular weight is 280 g/mol. The zero-order chi connectivity index (χ0) is 13.5. The van der Waals surface area contributed by atoms with Gasteiger partial charge in [-0.3, -0.25) is 0 Å². The van der Waals surface area contributed by atoms with E-state index in [4.69, 9.17) is 16.1 Å². The van der Waals surface area contributed by atoms with Gasteiger partial charge in [0.25, 0.3) is 0 Å². The molecule has 0 bridgehead atoms. The minimum absolute atomic E-state index is 0.715. The second-order valence-electron chi connectivity index (χ2n) is 4.73. The lowest BCUT2D eigenvalue weighted by Crippen LogP contribution is -1.78. The molecule has 0 atom stereocenters. The van der Waals surface area contributed by atoms with Gasteiger partial charge in [-0.1, -0.05) is 53.2 Å². The van der Waals surface area contributed by atoms with Gasteiger partial charge < -0.3 is 4.52 Å². The van der Waals surface area contributed by atoms with Gasteiger partial charge in [-0.05, 0) is 35.0 Å². The molecule has 0 aliphatic heterocycles. The van der Waals surface area contributed by atoms with E-state index in [1.54, 1.807) is 0 Å². The third kappa shape index (κ3) is 1.77. The van der Waals surface area contributed by atoms with Gasteiger partial charge in [0.05, 0.1) is 5.39 Å². The molecule has 4 rings (SSSR count). The van der Waals surface area contributed by atoms with E-state index in [-0.39, 0.29) is 0 Å². The van der Waals surface area contributed by atoms with Crippen molar-refractivity contribution in [1.29, 1.82) is 0 Å². The van der Waals surface area contributed by atoms with Crippen molar-refractivity contribution in [2.75, 3.05) is 0 Å². The molecule has 1 aromatic heterocycles. The van der Waals surface area contributed by atoms with Crippen LogP contribution in [0.1, 0.15) is 0 Å². The first-order valence-electron chi connectivity index (χ1n) is 6.35. The lowest BCUT2D eigenvalue weighted by atomic mass is 10.0. The number of halogens is 1. The fourth-order valence-electron chi connectivity index (χ4n) is 2.44. The fourth-order valence-corrected chi connectivity index (χ4v) is 2.57. The van der Waals surface area contributed by atoms with Crippen molar-refractivity contribution in [2.45, 2.75) is 0 Å². The van der Waals surface area contributed by atoms with Gasteiger partial charge >= 0.3 is 0 Å². The summed E-state index contributed by atoms with van der Waals surface area (Å²) in [7, 11) is 0. The highest BCUT2D eigenvalue weighted by Gasteiger charge is 2.11. The van der Waals surface area contributed by atoms with Gasteiger partial charge in [-0.15, -0.1) is 0 Å². The Bertz CT molecular complexity index is 909. The van der Waals surface area contributed by atoms with Gasteiger partial charge in [0, 0.05) is 10.6 Å².